The maximum absolute atomic E-state index is 4.66. The van der Waals surface area contributed by atoms with Crippen molar-refractivity contribution in [3.05, 3.63) is 0 Å². The summed E-state index contributed by atoms with van der Waals surface area (Å²) in [7, 11) is 5.86. The fraction of sp³-hybridized carbons (Fsp3) is 1.00. The zero-order valence-electron chi connectivity index (χ0n) is 23.9. The van der Waals surface area contributed by atoms with E-state index in [1.54, 1.807) is 14.2 Å². The smallest absolute Gasteiger partial charge is 0.0784 e. The van der Waals surface area contributed by atoms with Crippen LogP contribution in [0.25, 0.3) is 0 Å². The molecule has 0 rings (SSSR count). The zero-order chi connectivity index (χ0) is 24.2. The molecule has 204 valence electrons. The van der Waals surface area contributed by atoms with E-state index >= 15 is 0 Å². The molecule has 0 bridgehead atoms. The highest BCUT2D eigenvalue weighted by atomic mass is 35.5. The number of methoxy groups -OCH3 is 2. The first-order valence-electron chi connectivity index (χ1n) is 14.4. The molecule has 0 atom stereocenters. The maximum atomic E-state index is 4.66. The molecular weight excluding hydrogens is 430 g/mol. The predicted octanol–water partition coefficient (Wildman–Crippen LogP) is 5.80. The molecule has 0 aromatic carbocycles. The molecule has 0 aromatic heterocycles. The third-order valence-electron chi connectivity index (χ3n) is 6.65. The van der Waals surface area contributed by atoms with Crippen molar-refractivity contribution in [2.45, 2.75) is 136 Å². The van der Waals surface area contributed by atoms with Crippen LogP contribution in [0.5, 0.6) is 0 Å². The van der Waals surface area contributed by atoms with Gasteiger partial charge in [0.15, 0.2) is 0 Å². The largest absolute Gasteiger partial charge is 1.00 e. The summed E-state index contributed by atoms with van der Waals surface area (Å²) in [6, 6.07) is 0. The molecule has 4 heteroatoms. The normalized spacial score (nSPS) is 11.1. The lowest BCUT2D eigenvalue weighted by Crippen LogP contribution is -3.00. The van der Waals surface area contributed by atoms with Crippen molar-refractivity contribution in [2.75, 3.05) is 54.1 Å². The van der Waals surface area contributed by atoms with E-state index < -0.39 is 0 Å². The monoisotopic (exact) mass is 493 g/mol. The number of rotatable bonds is 24. The number of ether oxygens (including phenoxy) is 2. The van der Waals surface area contributed by atoms with E-state index in [-0.39, 0.29) is 12.4 Å². The molecule has 0 heterocycles. The predicted molar refractivity (Wildman–Crippen MR) is 145 cm³/mol. The molecule has 0 aliphatic carbocycles. The van der Waals surface area contributed by atoms with Crippen LogP contribution in [0.3, 0.4) is 0 Å². The summed E-state index contributed by atoms with van der Waals surface area (Å²) >= 11 is 0. The van der Waals surface area contributed by atoms with E-state index in [0.717, 1.165) is 0 Å². The zero-order valence-corrected chi connectivity index (χ0v) is 24.7. The van der Waals surface area contributed by atoms with Gasteiger partial charge in [-0.05, 0) is 38.5 Å². The summed E-state index contributed by atoms with van der Waals surface area (Å²) in [6.07, 6.45) is 25.9. The minimum absolute atomic E-state index is 0. The number of unbranched alkanes of at least 4 members (excludes halogenated alkanes) is 15. The average Bonchev–Trinajstić information content (AvgIpc) is 2.80. The molecule has 0 N–H and O–H groups in total. The van der Waals surface area contributed by atoms with Crippen molar-refractivity contribution in [2.24, 2.45) is 0 Å². The van der Waals surface area contributed by atoms with Gasteiger partial charge in [-0.1, -0.05) is 97.8 Å². The topological polar surface area (TPSA) is 18.5 Å². The Morgan fingerprint density at radius 2 is 0.667 bits per heavy atom. The first kappa shape index (κ1) is 37.7. The summed E-state index contributed by atoms with van der Waals surface area (Å²) < 4.78 is 10.7. The van der Waals surface area contributed by atoms with Crippen LogP contribution in [0, 0.1) is 0 Å². The fourth-order valence-corrected chi connectivity index (χ4v) is 4.32. The SMILES string of the molecule is CCCCCCCC[N+](C)(CCCCCCCC)CCCCCCCC.COCCOC.[Cl-]. The Hall–Kier alpha value is 0.170. The molecule has 0 aliphatic heterocycles. The van der Waals surface area contributed by atoms with Gasteiger partial charge < -0.3 is 26.4 Å². The Morgan fingerprint density at radius 1 is 0.424 bits per heavy atom. The second-order valence-electron chi connectivity index (χ2n) is 10.1. The van der Waals surface area contributed by atoms with Gasteiger partial charge in [-0.2, -0.15) is 0 Å². The quantitative estimate of drug-likeness (QED) is 0.125. The Balaban J connectivity index is -0.00000113. The van der Waals surface area contributed by atoms with Gasteiger partial charge in [0.25, 0.3) is 0 Å². The van der Waals surface area contributed by atoms with E-state index in [2.05, 4.69) is 37.3 Å². The third-order valence-corrected chi connectivity index (χ3v) is 6.65. The molecule has 0 amide bonds. The molecule has 0 aliphatic rings. The van der Waals surface area contributed by atoms with Gasteiger partial charge >= 0.3 is 0 Å². The highest BCUT2D eigenvalue weighted by Crippen LogP contribution is 2.16. The Morgan fingerprint density at radius 3 is 0.909 bits per heavy atom. The molecule has 3 nitrogen and oxygen atoms in total. The minimum atomic E-state index is 0. The third kappa shape index (κ3) is 32.2. The van der Waals surface area contributed by atoms with Crippen LogP contribution in [0.15, 0.2) is 0 Å². The molecule has 0 fully saturated rings. The highest BCUT2D eigenvalue weighted by Gasteiger charge is 2.20. The van der Waals surface area contributed by atoms with Gasteiger partial charge in [0.1, 0.15) is 0 Å². The molecule has 0 unspecified atom stereocenters. The number of halogens is 1. The van der Waals surface area contributed by atoms with Crippen molar-refractivity contribution in [1.82, 2.24) is 0 Å². The summed E-state index contributed by atoms with van der Waals surface area (Å²) in [6.45, 7) is 12.6. The van der Waals surface area contributed by atoms with Gasteiger partial charge in [0.05, 0.1) is 39.9 Å². The van der Waals surface area contributed by atoms with Crippen molar-refractivity contribution >= 4 is 0 Å². The lowest BCUT2D eigenvalue weighted by Gasteiger charge is -2.35. The molecule has 0 spiro atoms. The van der Waals surface area contributed by atoms with Crippen LogP contribution in [0.2, 0.25) is 0 Å². The van der Waals surface area contributed by atoms with E-state index in [1.165, 1.54) is 140 Å². The molecule has 0 saturated heterocycles. The van der Waals surface area contributed by atoms with Crippen molar-refractivity contribution in [3.63, 3.8) is 0 Å². The second-order valence-corrected chi connectivity index (χ2v) is 10.1. The Labute approximate surface area is 216 Å². The van der Waals surface area contributed by atoms with E-state index in [9.17, 15) is 0 Å². The number of hydrogen-bond donors (Lipinski definition) is 0. The van der Waals surface area contributed by atoms with Gasteiger partial charge in [0.2, 0.25) is 0 Å². The lowest BCUT2D eigenvalue weighted by atomic mass is 10.1. The maximum Gasteiger partial charge on any atom is 0.0784 e. The van der Waals surface area contributed by atoms with Gasteiger partial charge in [-0.25, -0.2) is 0 Å². The van der Waals surface area contributed by atoms with Crippen molar-refractivity contribution in [1.29, 1.82) is 0 Å². The van der Waals surface area contributed by atoms with Gasteiger partial charge in [-0.15, -0.1) is 0 Å². The first-order chi connectivity index (χ1) is 15.6. The van der Waals surface area contributed by atoms with E-state index in [0.29, 0.717) is 13.2 Å². The van der Waals surface area contributed by atoms with Crippen LogP contribution in [-0.2, 0) is 9.47 Å². The standard InChI is InChI=1S/C25H54N.C4H10O2.ClH/c1-5-8-11-14-17-20-23-26(4,24-21-18-15-12-9-6-2)25-22-19-16-13-10-7-3;1-5-3-4-6-2;/h5-25H2,1-4H3;3-4H2,1-2H3;1H/q+1;;/p-1. The molecule has 0 radical (unpaired) electrons. The van der Waals surface area contributed by atoms with Crippen molar-refractivity contribution in [3.8, 4) is 0 Å². The first-order valence-corrected chi connectivity index (χ1v) is 14.4. The number of quaternary nitrogens is 1. The number of hydrogen-bond acceptors (Lipinski definition) is 2. The highest BCUT2D eigenvalue weighted by molar-refractivity contribution is 4.51. The Kier molecular flexibility index (Phi) is 36.8. The van der Waals surface area contributed by atoms with Crippen LogP contribution >= 0.6 is 0 Å². The van der Waals surface area contributed by atoms with E-state index in [4.69, 9.17) is 0 Å². The van der Waals surface area contributed by atoms with Gasteiger partial charge in [0, 0.05) is 14.2 Å². The summed E-state index contributed by atoms with van der Waals surface area (Å²) in [5.41, 5.74) is 0. The van der Waals surface area contributed by atoms with Crippen molar-refractivity contribution < 1.29 is 26.4 Å². The molecule has 0 aromatic rings. The number of nitrogens with zero attached hydrogens (tertiary/aromatic N) is 1. The Bertz CT molecular complexity index is 284. The summed E-state index contributed by atoms with van der Waals surface area (Å²) in [5.74, 6) is 0. The van der Waals surface area contributed by atoms with Crippen LogP contribution in [0.4, 0.5) is 0 Å². The van der Waals surface area contributed by atoms with E-state index in [1.807, 2.05) is 0 Å². The summed E-state index contributed by atoms with van der Waals surface area (Å²) in [4.78, 5) is 0. The minimum Gasteiger partial charge on any atom is -1.00 e. The molecular formula is C29H64ClNO2. The second kappa shape index (κ2) is 32.2. The average molecular weight is 494 g/mol. The van der Waals surface area contributed by atoms with Crippen LogP contribution in [-0.4, -0.2) is 58.6 Å². The van der Waals surface area contributed by atoms with Gasteiger partial charge in [-0.3, -0.25) is 0 Å². The summed E-state index contributed by atoms with van der Waals surface area (Å²) in [5, 5.41) is 0. The fourth-order valence-electron chi connectivity index (χ4n) is 4.32. The molecule has 33 heavy (non-hydrogen) atoms. The molecule has 0 saturated carbocycles. The van der Waals surface area contributed by atoms with Crippen LogP contribution in [0.1, 0.15) is 136 Å². The lowest BCUT2D eigenvalue weighted by molar-refractivity contribution is -0.910. The van der Waals surface area contributed by atoms with Crippen LogP contribution < -0.4 is 12.4 Å².